The summed E-state index contributed by atoms with van der Waals surface area (Å²) in [5, 5.41) is 14.0. The van der Waals surface area contributed by atoms with Crippen molar-refractivity contribution in [1.29, 1.82) is 5.41 Å². The van der Waals surface area contributed by atoms with Crippen LogP contribution in [0.4, 0.5) is 17.2 Å². The highest BCUT2D eigenvalue weighted by molar-refractivity contribution is 6.32. The van der Waals surface area contributed by atoms with E-state index in [2.05, 4.69) is 15.6 Å². The number of halogens is 2. The average Bonchev–Trinajstić information content (AvgIpc) is 2.76. The van der Waals surface area contributed by atoms with Gasteiger partial charge in [0.05, 0.1) is 22.0 Å². The zero-order chi connectivity index (χ0) is 23.4. The normalized spacial score (nSPS) is 10.4. The second-order valence-corrected chi connectivity index (χ2v) is 8.09. The number of carbonyl (C=O) groups excluding carboxylic acids is 2. The Morgan fingerprint density at radius 3 is 2.12 bits per heavy atom. The second kappa shape index (κ2) is 9.80. The predicted molar refractivity (Wildman–Crippen MR) is 130 cm³/mol. The van der Waals surface area contributed by atoms with Gasteiger partial charge >= 0.3 is 0 Å². The van der Waals surface area contributed by atoms with E-state index >= 15 is 0 Å². The maximum absolute atomic E-state index is 13.0. The fourth-order valence-corrected chi connectivity index (χ4v) is 3.27. The largest absolute Gasteiger partial charge is 0.376 e. The number of anilines is 3. The molecule has 0 bridgehead atoms. The molecule has 0 spiro atoms. The van der Waals surface area contributed by atoms with Gasteiger partial charge in [0.1, 0.15) is 5.82 Å². The molecule has 0 aliphatic carbocycles. The molecule has 164 valence electrons. The summed E-state index contributed by atoms with van der Waals surface area (Å²) in [5.41, 5.74) is 2.56. The van der Waals surface area contributed by atoms with Crippen LogP contribution in [0.2, 0.25) is 10.0 Å². The van der Waals surface area contributed by atoms with E-state index in [9.17, 15) is 9.59 Å². The van der Waals surface area contributed by atoms with Gasteiger partial charge in [0.2, 0.25) is 0 Å². The van der Waals surface area contributed by atoms with E-state index in [0.717, 1.165) is 5.56 Å². The quantitative estimate of drug-likeness (QED) is 0.423. The van der Waals surface area contributed by atoms with Crippen LogP contribution < -0.4 is 15.5 Å². The third-order valence-corrected chi connectivity index (χ3v) is 5.04. The molecular formula is C23H21Cl2N5O2. The van der Waals surface area contributed by atoms with Crippen LogP contribution in [0.1, 0.15) is 33.2 Å². The lowest BCUT2D eigenvalue weighted by atomic mass is 10.1. The first kappa shape index (κ1) is 23.2. The van der Waals surface area contributed by atoms with Crippen LogP contribution in [0, 0.1) is 5.41 Å². The van der Waals surface area contributed by atoms with Crippen molar-refractivity contribution in [3.63, 3.8) is 0 Å². The number of nitrogens with one attached hydrogen (secondary N) is 3. The summed E-state index contributed by atoms with van der Waals surface area (Å²) in [6.45, 7) is 1.67. The fraction of sp³-hybridized carbons (Fsp3) is 0.130. The zero-order valence-electron chi connectivity index (χ0n) is 17.7. The molecule has 0 saturated carbocycles. The van der Waals surface area contributed by atoms with Gasteiger partial charge in [-0.2, -0.15) is 0 Å². The summed E-state index contributed by atoms with van der Waals surface area (Å²) in [6, 6.07) is 13.0. The number of benzene rings is 2. The summed E-state index contributed by atoms with van der Waals surface area (Å²) in [6.07, 6.45) is 1.42. The van der Waals surface area contributed by atoms with Crippen LogP contribution in [-0.2, 0) is 0 Å². The number of hydrogen-bond acceptors (Lipinski definition) is 5. The van der Waals surface area contributed by atoms with Crippen molar-refractivity contribution in [3.05, 3.63) is 81.5 Å². The number of hydrogen-bond donors (Lipinski definition) is 3. The number of carbonyl (C=O) groups is 2. The molecule has 0 unspecified atom stereocenters. The van der Waals surface area contributed by atoms with Crippen LogP contribution >= 0.6 is 23.2 Å². The van der Waals surface area contributed by atoms with E-state index in [-0.39, 0.29) is 5.56 Å². The lowest BCUT2D eigenvalue weighted by Gasteiger charge is -2.21. The molecule has 0 saturated heterocycles. The summed E-state index contributed by atoms with van der Waals surface area (Å²) in [4.78, 5) is 31.8. The minimum Gasteiger partial charge on any atom is -0.376 e. The van der Waals surface area contributed by atoms with Gasteiger partial charge in [-0.05, 0) is 48.9 Å². The predicted octanol–water partition coefficient (Wildman–Crippen LogP) is 5.35. The van der Waals surface area contributed by atoms with Crippen molar-refractivity contribution < 1.29 is 9.59 Å². The fourth-order valence-electron chi connectivity index (χ4n) is 2.95. The monoisotopic (exact) mass is 469 g/mol. The first-order chi connectivity index (χ1) is 15.2. The van der Waals surface area contributed by atoms with Gasteiger partial charge in [-0.25, -0.2) is 4.98 Å². The molecule has 7 nitrogen and oxygen atoms in total. The Bertz CT molecular complexity index is 1180. The Morgan fingerprint density at radius 1 is 0.906 bits per heavy atom. The molecule has 0 radical (unpaired) electrons. The minimum atomic E-state index is -0.490. The Kier molecular flexibility index (Phi) is 7.12. The lowest BCUT2D eigenvalue weighted by molar-refractivity contribution is 0.102. The van der Waals surface area contributed by atoms with Crippen molar-refractivity contribution in [2.24, 2.45) is 0 Å². The van der Waals surface area contributed by atoms with Crippen molar-refractivity contribution >= 4 is 57.9 Å². The third kappa shape index (κ3) is 5.43. The Balaban J connectivity index is 1.97. The summed E-state index contributed by atoms with van der Waals surface area (Å²) in [5.74, 6) is -0.584. The van der Waals surface area contributed by atoms with Gasteiger partial charge in [0, 0.05) is 36.6 Å². The number of aromatic nitrogens is 1. The molecule has 3 N–H and O–H groups in total. The van der Waals surface area contributed by atoms with E-state index in [1.165, 1.54) is 12.3 Å². The van der Waals surface area contributed by atoms with Gasteiger partial charge < -0.3 is 20.9 Å². The van der Waals surface area contributed by atoms with Gasteiger partial charge in [-0.15, -0.1) is 0 Å². The number of nitrogens with zero attached hydrogens (tertiary/aromatic N) is 2. The number of amides is 2. The molecule has 0 atom stereocenters. The molecular weight excluding hydrogens is 449 g/mol. The average molecular weight is 470 g/mol. The lowest BCUT2D eigenvalue weighted by Crippen LogP contribution is -2.22. The highest BCUT2D eigenvalue weighted by Gasteiger charge is 2.21. The minimum absolute atomic E-state index is 0.179. The summed E-state index contributed by atoms with van der Waals surface area (Å²) >= 11 is 12.1. The molecule has 0 aliphatic heterocycles. The maximum Gasteiger partial charge on any atom is 0.259 e. The number of pyridine rings is 1. The summed E-state index contributed by atoms with van der Waals surface area (Å²) < 4.78 is 0. The van der Waals surface area contributed by atoms with Crippen LogP contribution in [0.3, 0.4) is 0 Å². The molecule has 1 heterocycles. The van der Waals surface area contributed by atoms with E-state index in [1.54, 1.807) is 68.4 Å². The molecule has 0 fully saturated rings. The molecule has 3 aromatic rings. The Hall–Kier alpha value is -3.42. The van der Waals surface area contributed by atoms with E-state index in [4.69, 9.17) is 28.6 Å². The first-order valence-electron chi connectivity index (χ1n) is 9.56. The van der Waals surface area contributed by atoms with Crippen LogP contribution in [0.5, 0.6) is 0 Å². The second-order valence-electron chi connectivity index (χ2n) is 7.21. The molecule has 3 rings (SSSR count). The van der Waals surface area contributed by atoms with Gasteiger partial charge in [-0.1, -0.05) is 35.3 Å². The Morgan fingerprint density at radius 2 is 1.56 bits per heavy atom. The van der Waals surface area contributed by atoms with Crippen LogP contribution in [0.25, 0.3) is 0 Å². The van der Waals surface area contributed by atoms with Crippen molar-refractivity contribution in [1.82, 2.24) is 4.98 Å². The van der Waals surface area contributed by atoms with Crippen LogP contribution in [0.15, 0.2) is 54.7 Å². The van der Waals surface area contributed by atoms with Crippen LogP contribution in [-0.4, -0.2) is 36.6 Å². The molecule has 9 heteroatoms. The van der Waals surface area contributed by atoms with Gasteiger partial charge in [-0.3, -0.25) is 9.59 Å². The van der Waals surface area contributed by atoms with Crippen molar-refractivity contribution in [2.75, 3.05) is 29.6 Å². The first-order valence-corrected chi connectivity index (χ1v) is 10.3. The van der Waals surface area contributed by atoms with E-state index in [0.29, 0.717) is 38.5 Å². The molecule has 0 aliphatic rings. The smallest absolute Gasteiger partial charge is 0.259 e. The highest BCUT2D eigenvalue weighted by atomic mass is 35.5. The molecule has 2 aromatic carbocycles. The summed E-state index contributed by atoms with van der Waals surface area (Å²) in [7, 11) is 3.57. The molecule has 1 aromatic heterocycles. The maximum atomic E-state index is 13.0. The van der Waals surface area contributed by atoms with E-state index in [1.807, 2.05) is 0 Å². The van der Waals surface area contributed by atoms with Crippen molar-refractivity contribution in [2.45, 2.75) is 6.92 Å². The third-order valence-electron chi connectivity index (χ3n) is 4.60. The molecule has 2 amide bonds. The molecule has 32 heavy (non-hydrogen) atoms. The SMILES string of the molecule is CC(=N)c1ccc(C(=O)Nc2c(C(=O)Nc3ccc(Cl)cn3)cc(Cl)cc2N(C)C)cc1. The highest BCUT2D eigenvalue weighted by Crippen LogP contribution is 2.33. The van der Waals surface area contributed by atoms with Gasteiger partial charge in [0.25, 0.3) is 11.8 Å². The number of rotatable bonds is 6. The standard InChI is InChI=1S/C23H21Cl2N5O2/c1-13(26)14-4-6-15(7-5-14)22(31)29-21-18(10-17(25)11-19(21)30(2)3)23(32)28-20-9-8-16(24)12-27-20/h4-12,26H,1-3H3,(H,29,31)(H,27,28,32). The van der Waals surface area contributed by atoms with E-state index < -0.39 is 11.8 Å². The topological polar surface area (TPSA) is 98.2 Å². The zero-order valence-corrected chi connectivity index (χ0v) is 19.2. The Labute approximate surface area is 195 Å². The van der Waals surface area contributed by atoms with Gasteiger partial charge in [0.15, 0.2) is 0 Å². The van der Waals surface area contributed by atoms with Crippen molar-refractivity contribution in [3.8, 4) is 0 Å².